The topological polar surface area (TPSA) is 89.9 Å². The van der Waals surface area contributed by atoms with Gasteiger partial charge in [0.25, 0.3) is 0 Å². The fourth-order valence-corrected chi connectivity index (χ4v) is 1.92. The number of carboxylic acids is 1. The summed E-state index contributed by atoms with van der Waals surface area (Å²) in [6, 6.07) is -0.218. The first-order chi connectivity index (χ1) is 8.36. The molecule has 0 aromatic carbocycles. The van der Waals surface area contributed by atoms with Crippen molar-refractivity contribution in [2.45, 2.75) is 26.7 Å². The van der Waals surface area contributed by atoms with E-state index in [1.54, 1.807) is 18.7 Å². The Morgan fingerprint density at radius 2 is 2.11 bits per heavy atom. The molecule has 0 spiro atoms. The van der Waals surface area contributed by atoms with Crippen LogP contribution in [-0.2, 0) is 4.79 Å². The van der Waals surface area contributed by atoms with Gasteiger partial charge in [0.05, 0.1) is 5.41 Å². The second-order valence-corrected chi connectivity index (χ2v) is 5.46. The third kappa shape index (κ3) is 3.87. The summed E-state index contributed by atoms with van der Waals surface area (Å²) in [4.78, 5) is 24.4. The number of carbonyl (C=O) groups excluding carboxylic acids is 1. The molecule has 1 atom stereocenters. The summed E-state index contributed by atoms with van der Waals surface area (Å²) in [5.74, 6) is -0.574. The number of aliphatic hydroxyl groups excluding tert-OH is 1. The summed E-state index contributed by atoms with van der Waals surface area (Å²) >= 11 is 0. The minimum atomic E-state index is -0.958. The predicted molar refractivity (Wildman–Crippen MR) is 66.2 cm³/mol. The molecule has 6 heteroatoms. The molecule has 3 N–H and O–H groups in total. The van der Waals surface area contributed by atoms with Gasteiger partial charge in [-0.15, -0.1) is 0 Å². The zero-order valence-electron chi connectivity index (χ0n) is 11.0. The maximum atomic E-state index is 11.8. The minimum absolute atomic E-state index is 0.113. The number of nitrogens with zero attached hydrogens (tertiary/aromatic N) is 1. The van der Waals surface area contributed by atoms with E-state index in [4.69, 9.17) is 10.2 Å². The van der Waals surface area contributed by atoms with Gasteiger partial charge in [0.15, 0.2) is 0 Å². The molecule has 6 nitrogen and oxygen atoms in total. The summed E-state index contributed by atoms with van der Waals surface area (Å²) in [5.41, 5.74) is -0.958. The molecule has 1 unspecified atom stereocenters. The van der Waals surface area contributed by atoms with Crippen LogP contribution in [0.15, 0.2) is 0 Å². The van der Waals surface area contributed by atoms with E-state index in [1.165, 1.54) is 0 Å². The molecule has 1 saturated heterocycles. The van der Waals surface area contributed by atoms with Crippen molar-refractivity contribution in [3.63, 3.8) is 0 Å². The van der Waals surface area contributed by atoms with E-state index in [0.717, 1.165) is 6.42 Å². The van der Waals surface area contributed by atoms with E-state index >= 15 is 0 Å². The van der Waals surface area contributed by atoms with E-state index in [9.17, 15) is 9.59 Å². The number of rotatable bonds is 5. The summed E-state index contributed by atoms with van der Waals surface area (Å²) in [6.45, 7) is 4.72. The van der Waals surface area contributed by atoms with Crippen molar-refractivity contribution in [2.75, 3.05) is 26.2 Å². The van der Waals surface area contributed by atoms with Gasteiger partial charge in [-0.1, -0.05) is 0 Å². The number of aliphatic carboxylic acids is 1. The fraction of sp³-hybridized carbons (Fsp3) is 0.833. The van der Waals surface area contributed by atoms with Gasteiger partial charge < -0.3 is 20.4 Å². The van der Waals surface area contributed by atoms with Gasteiger partial charge in [-0.3, -0.25) is 4.79 Å². The van der Waals surface area contributed by atoms with Gasteiger partial charge in [0.2, 0.25) is 0 Å². The summed E-state index contributed by atoms with van der Waals surface area (Å²) in [5, 5.41) is 20.4. The zero-order valence-corrected chi connectivity index (χ0v) is 11.0. The van der Waals surface area contributed by atoms with Crippen molar-refractivity contribution >= 4 is 12.0 Å². The normalized spacial score (nSPS) is 19.9. The van der Waals surface area contributed by atoms with Crippen LogP contribution in [0, 0.1) is 11.3 Å². The standard InChI is InChI=1S/C12H22N2O4/c1-12(2,10(16)17)8-13-11(18)14-5-3-9(7-14)4-6-15/h9,15H,3-8H2,1-2H3,(H,13,18)(H,16,17). The highest BCUT2D eigenvalue weighted by molar-refractivity contribution is 5.77. The Morgan fingerprint density at radius 1 is 1.44 bits per heavy atom. The Kier molecular flexibility index (Phi) is 4.95. The van der Waals surface area contributed by atoms with Gasteiger partial charge >= 0.3 is 12.0 Å². The Balaban J connectivity index is 2.36. The predicted octanol–water partition coefficient (Wildman–Crippen LogP) is 0.511. The van der Waals surface area contributed by atoms with Crippen LogP contribution >= 0.6 is 0 Å². The highest BCUT2D eigenvalue weighted by Gasteiger charge is 2.30. The molecule has 1 heterocycles. The molecule has 0 aromatic heterocycles. The molecular weight excluding hydrogens is 236 g/mol. The van der Waals surface area contributed by atoms with Crippen LogP contribution < -0.4 is 5.32 Å². The van der Waals surface area contributed by atoms with E-state index < -0.39 is 11.4 Å². The van der Waals surface area contributed by atoms with Crippen LogP contribution in [0.3, 0.4) is 0 Å². The Bertz CT molecular complexity index is 317. The number of hydrogen-bond donors (Lipinski definition) is 3. The highest BCUT2D eigenvalue weighted by Crippen LogP contribution is 2.19. The van der Waals surface area contributed by atoms with E-state index in [-0.39, 0.29) is 19.2 Å². The third-order valence-corrected chi connectivity index (χ3v) is 3.37. The summed E-state index contributed by atoms with van der Waals surface area (Å²) in [7, 11) is 0. The number of hydrogen-bond acceptors (Lipinski definition) is 3. The number of carboxylic acid groups (broad SMARTS) is 1. The highest BCUT2D eigenvalue weighted by atomic mass is 16.4. The molecule has 0 bridgehead atoms. The van der Waals surface area contributed by atoms with Crippen LogP contribution in [0.4, 0.5) is 4.79 Å². The first kappa shape index (κ1) is 14.8. The van der Waals surface area contributed by atoms with Crippen molar-refractivity contribution in [1.29, 1.82) is 0 Å². The molecule has 1 rings (SSSR count). The lowest BCUT2D eigenvalue weighted by molar-refractivity contribution is -0.146. The molecule has 18 heavy (non-hydrogen) atoms. The number of aliphatic hydroxyl groups is 1. The smallest absolute Gasteiger partial charge is 0.317 e. The quantitative estimate of drug-likeness (QED) is 0.670. The Labute approximate surface area is 107 Å². The number of nitrogens with one attached hydrogen (secondary N) is 1. The second kappa shape index (κ2) is 6.04. The molecule has 1 fully saturated rings. The maximum absolute atomic E-state index is 11.8. The Morgan fingerprint density at radius 3 is 2.67 bits per heavy atom. The molecule has 2 amide bonds. The van der Waals surface area contributed by atoms with Crippen molar-refractivity contribution in [3.05, 3.63) is 0 Å². The van der Waals surface area contributed by atoms with Crippen LogP contribution in [0.2, 0.25) is 0 Å². The Hall–Kier alpha value is -1.30. The van der Waals surface area contributed by atoms with Crippen molar-refractivity contribution in [1.82, 2.24) is 10.2 Å². The lowest BCUT2D eigenvalue weighted by Crippen LogP contribution is -2.44. The third-order valence-electron chi connectivity index (χ3n) is 3.37. The number of likely N-dealkylation sites (tertiary alicyclic amines) is 1. The minimum Gasteiger partial charge on any atom is -0.481 e. The van der Waals surface area contributed by atoms with Crippen molar-refractivity contribution in [2.24, 2.45) is 11.3 Å². The first-order valence-corrected chi connectivity index (χ1v) is 6.24. The molecule has 0 saturated carbocycles. The van der Waals surface area contributed by atoms with Gasteiger partial charge in [0.1, 0.15) is 0 Å². The molecule has 1 aliphatic heterocycles. The largest absolute Gasteiger partial charge is 0.481 e. The van der Waals surface area contributed by atoms with Crippen LogP contribution in [-0.4, -0.2) is 53.4 Å². The molecule has 1 aliphatic rings. The maximum Gasteiger partial charge on any atom is 0.317 e. The SMILES string of the molecule is CC(C)(CNC(=O)N1CCC(CCO)C1)C(=O)O. The van der Waals surface area contributed by atoms with Gasteiger partial charge in [-0.2, -0.15) is 0 Å². The monoisotopic (exact) mass is 258 g/mol. The van der Waals surface area contributed by atoms with Crippen LogP contribution in [0.25, 0.3) is 0 Å². The molecule has 0 aliphatic carbocycles. The van der Waals surface area contributed by atoms with E-state index in [0.29, 0.717) is 25.4 Å². The average Bonchev–Trinajstić information content (AvgIpc) is 2.75. The number of amides is 2. The fourth-order valence-electron chi connectivity index (χ4n) is 1.92. The number of urea groups is 1. The molecule has 0 radical (unpaired) electrons. The van der Waals surface area contributed by atoms with E-state index in [2.05, 4.69) is 5.32 Å². The second-order valence-electron chi connectivity index (χ2n) is 5.46. The van der Waals surface area contributed by atoms with E-state index in [1.807, 2.05) is 0 Å². The lowest BCUT2D eigenvalue weighted by atomic mass is 9.94. The van der Waals surface area contributed by atoms with Crippen molar-refractivity contribution in [3.8, 4) is 0 Å². The average molecular weight is 258 g/mol. The lowest BCUT2D eigenvalue weighted by Gasteiger charge is -2.23. The van der Waals surface area contributed by atoms with Gasteiger partial charge in [-0.05, 0) is 32.6 Å². The van der Waals surface area contributed by atoms with Crippen LogP contribution in [0.5, 0.6) is 0 Å². The van der Waals surface area contributed by atoms with Gasteiger partial charge in [0, 0.05) is 26.2 Å². The summed E-state index contributed by atoms with van der Waals surface area (Å²) < 4.78 is 0. The van der Waals surface area contributed by atoms with Gasteiger partial charge in [-0.25, -0.2) is 4.79 Å². The van der Waals surface area contributed by atoms with Crippen molar-refractivity contribution < 1.29 is 19.8 Å². The molecular formula is C12H22N2O4. The summed E-state index contributed by atoms with van der Waals surface area (Å²) in [6.07, 6.45) is 1.61. The molecule has 0 aromatic rings. The van der Waals surface area contributed by atoms with Crippen LogP contribution in [0.1, 0.15) is 26.7 Å². The number of carbonyl (C=O) groups is 2. The molecule has 104 valence electrons. The zero-order chi connectivity index (χ0) is 13.8. The first-order valence-electron chi connectivity index (χ1n) is 6.24.